The van der Waals surface area contributed by atoms with E-state index in [9.17, 15) is 14.4 Å². The summed E-state index contributed by atoms with van der Waals surface area (Å²) in [6.07, 6.45) is 1.82. The van der Waals surface area contributed by atoms with E-state index in [0.717, 1.165) is 0 Å². The molecule has 8 nitrogen and oxygen atoms in total. The average Bonchev–Trinajstić information content (AvgIpc) is 2.63. The Labute approximate surface area is 161 Å². The number of benzene rings is 1. The molecule has 142 valence electrons. The number of hydrogen-bond acceptors (Lipinski definition) is 6. The van der Waals surface area contributed by atoms with Gasteiger partial charge in [0.1, 0.15) is 5.57 Å². The zero-order valence-electron chi connectivity index (χ0n) is 14.7. The molecule has 1 heterocycles. The van der Waals surface area contributed by atoms with Crippen LogP contribution in [0.15, 0.2) is 36.4 Å². The second-order valence-electron chi connectivity index (χ2n) is 5.53. The first-order valence-corrected chi connectivity index (χ1v) is 8.26. The van der Waals surface area contributed by atoms with Crippen molar-refractivity contribution in [3.63, 3.8) is 0 Å². The third-order valence-corrected chi connectivity index (χ3v) is 3.97. The van der Waals surface area contributed by atoms with E-state index in [2.05, 4.69) is 11.9 Å². The summed E-state index contributed by atoms with van der Waals surface area (Å²) in [7, 11) is 1.40. The van der Waals surface area contributed by atoms with Crippen LogP contribution in [0.5, 0.6) is 11.5 Å². The largest absolute Gasteiger partial charge is 0.493 e. The number of nitrogens with zero attached hydrogens (tertiary/aromatic N) is 1. The van der Waals surface area contributed by atoms with E-state index in [-0.39, 0.29) is 28.7 Å². The number of methoxy groups -OCH3 is 1. The van der Waals surface area contributed by atoms with Crippen LogP contribution in [0.25, 0.3) is 6.08 Å². The standard InChI is InChI=1S/C18H18N2O6S/c1-4-7-20-16(22)12(15(21)19-18(20)27)8-11-5-6-13(14(9-11)25-3)26-10(2)17(23)24/h4-6,8-10H,1,7H2,2-3H3,(H,23,24)(H,19,21,27). The molecular weight excluding hydrogens is 372 g/mol. The van der Waals surface area contributed by atoms with Crippen molar-refractivity contribution in [1.82, 2.24) is 10.2 Å². The zero-order valence-corrected chi connectivity index (χ0v) is 15.5. The molecule has 2 amide bonds. The Morgan fingerprint density at radius 1 is 1.41 bits per heavy atom. The molecule has 0 spiro atoms. The van der Waals surface area contributed by atoms with Crippen molar-refractivity contribution >= 4 is 41.2 Å². The van der Waals surface area contributed by atoms with Crippen molar-refractivity contribution in [1.29, 1.82) is 0 Å². The number of ether oxygens (including phenoxy) is 2. The van der Waals surface area contributed by atoms with Crippen LogP contribution in [0.2, 0.25) is 0 Å². The highest BCUT2D eigenvalue weighted by Gasteiger charge is 2.32. The van der Waals surface area contributed by atoms with Gasteiger partial charge in [0.2, 0.25) is 0 Å². The van der Waals surface area contributed by atoms with Crippen molar-refractivity contribution in [3.05, 3.63) is 42.0 Å². The Morgan fingerprint density at radius 3 is 2.70 bits per heavy atom. The topological polar surface area (TPSA) is 105 Å². The minimum absolute atomic E-state index is 0.0195. The summed E-state index contributed by atoms with van der Waals surface area (Å²) >= 11 is 5.00. The molecule has 0 aromatic heterocycles. The highest BCUT2D eigenvalue weighted by Crippen LogP contribution is 2.30. The summed E-state index contributed by atoms with van der Waals surface area (Å²) in [6.45, 7) is 5.12. The van der Waals surface area contributed by atoms with Gasteiger partial charge in [0.15, 0.2) is 22.7 Å². The van der Waals surface area contributed by atoms with Crippen LogP contribution in [0.4, 0.5) is 0 Å². The fourth-order valence-electron chi connectivity index (χ4n) is 2.27. The molecule has 1 aliphatic heterocycles. The number of aliphatic carboxylic acids is 1. The van der Waals surface area contributed by atoms with Crippen molar-refractivity contribution in [2.45, 2.75) is 13.0 Å². The molecule has 9 heteroatoms. The molecule has 1 unspecified atom stereocenters. The van der Waals surface area contributed by atoms with Crippen LogP contribution in [0.3, 0.4) is 0 Å². The van der Waals surface area contributed by atoms with Gasteiger partial charge in [-0.25, -0.2) is 4.79 Å². The summed E-state index contributed by atoms with van der Waals surface area (Å²) in [5.41, 5.74) is 0.395. The number of thiocarbonyl (C=S) groups is 1. The second-order valence-corrected chi connectivity index (χ2v) is 5.92. The van der Waals surface area contributed by atoms with Crippen LogP contribution >= 0.6 is 12.2 Å². The lowest BCUT2D eigenvalue weighted by Crippen LogP contribution is -2.53. The van der Waals surface area contributed by atoms with Gasteiger partial charge in [-0.15, -0.1) is 6.58 Å². The SMILES string of the molecule is C=CCN1C(=O)C(=Cc2ccc(OC(C)C(=O)O)c(OC)c2)C(=O)NC1=S. The van der Waals surface area contributed by atoms with Gasteiger partial charge in [0.25, 0.3) is 11.8 Å². The van der Waals surface area contributed by atoms with Gasteiger partial charge >= 0.3 is 5.97 Å². The molecule has 0 aliphatic carbocycles. The van der Waals surface area contributed by atoms with E-state index in [4.69, 9.17) is 26.8 Å². The molecular formula is C18H18N2O6S. The molecule has 0 bridgehead atoms. The molecule has 27 heavy (non-hydrogen) atoms. The second kappa shape index (κ2) is 8.45. The molecule has 1 aromatic rings. The maximum absolute atomic E-state index is 12.5. The lowest BCUT2D eigenvalue weighted by molar-refractivity contribution is -0.144. The molecule has 0 saturated carbocycles. The van der Waals surface area contributed by atoms with E-state index in [1.165, 1.54) is 43.2 Å². The van der Waals surface area contributed by atoms with Gasteiger partial charge in [-0.05, 0) is 42.9 Å². The molecule has 1 aliphatic rings. The van der Waals surface area contributed by atoms with E-state index < -0.39 is 23.9 Å². The number of carbonyl (C=O) groups excluding carboxylic acids is 2. The minimum atomic E-state index is -1.12. The highest BCUT2D eigenvalue weighted by molar-refractivity contribution is 7.80. The first-order chi connectivity index (χ1) is 12.8. The van der Waals surface area contributed by atoms with Gasteiger partial charge in [0.05, 0.1) is 7.11 Å². The Kier molecular flexibility index (Phi) is 6.30. The molecule has 2 N–H and O–H groups in total. The van der Waals surface area contributed by atoms with Gasteiger partial charge in [-0.3, -0.25) is 19.8 Å². The minimum Gasteiger partial charge on any atom is -0.493 e. The summed E-state index contributed by atoms with van der Waals surface area (Å²) in [5.74, 6) is -1.78. The van der Waals surface area contributed by atoms with E-state index in [1.807, 2.05) is 0 Å². The summed E-state index contributed by atoms with van der Waals surface area (Å²) in [6, 6.07) is 4.61. The van der Waals surface area contributed by atoms with Crippen molar-refractivity contribution in [3.8, 4) is 11.5 Å². The lowest BCUT2D eigenvalue weighted by Gasteiger charge is -2.27. The highest BCUT2D eigenvalue weighted by atomic mass is 32.1. The number of carboxylic acid groups (broad SMARTS) is 1. The fourth-order valence-corrected chi connectivity index (χ4v) is 2.52. The van der Waals surface area contributed by atoms with Crippen molar-refractivity contribution in [2.24, 2.45) is 0 Å². The summed E-state index contributed by atoms with van der Waals surface area (Å²) in [4.78, 5) is 36.8. The number of nitrogens with one attached hydrogen (secondary N) is 1. The van der Waals surface area contributed by atoms with E-state index in [1.54, 1.807) is 6.07 Å². The van der Waals surface area contributed by atoms with Crippen LogP contribution in [0.1, 0.15) is 12.5 Å². The molecule has 1 fully saturated rings. The number of carboxylic acids is 1. The monoisotopic (exact) mass is 390 g/mol. The van der Waals surface area contributed by atoms with Crippen LogP contribution in [-0.4, -0.2) is 52.7 Å². The predicted molar refractivity (Wildman–Crippen MR) is 101 cm³/mol. The third-order valence-electron chi connectivity index (χ3n) is 3.65. The van der Waals surface area contributed by atoms with Crippen molar-refractivity contribution in [2.75, 3.05) is 13.7 Å². The Bertz CT molecular complexity index is 848. The normalized spacial score (nSPS) is 16.7. The third kappa shape index (κ3) is 4.50. The van der Waals surface area contributed by atoms with E-state index in [0.29, 0.717) is 5.56 Å². The van der Waals surface area contributed by atoms with Crippen LogP contribution in [-0.2, 0) is 14.4 Å². The molecule has 0 radical (unpaired) electrons. The predicted octanol–water partition coefficient (Wildman–Crippen LogP) is 1.36. The average molecular weight is 390 g/mol. The number of carbonyl (C=O) groups is 3. The van der Waals surface area contributed by atoms with Gasteiger partial charge in [-0.2, -0.15) is 0 Å². The number of hydrogen-bond donors (Lipinski definition) is 2. The number of rotatable bonds is 7. The van der Waals surface area contributed by atoms with Gasteiger partial charge in [-0.1, -0.05) is 12.1 Å². The lowest BCUT2D eigenvalue weighted by atomic mass is 10.1. The van der Waals surface area contributed by atoms with Crippen LogP contribution < -0.4 is 14.8 Å². The smallest absolute Gasteiger partial charge is 0.344 e. The van der Waals surface area contributed by atoms with Crippen LogP contribution in [0, 0.1) is 0 Å². The zero-order chi connectivity index (χ0) is 20.1. The van der Waals surface area contributed by atoms with Crippen molar-refractivity contribution < 1.29 is 29.0 Å². The Morgan fingerprint density at radius 2 is 2.11 bits per heavy atom. The fraction of sp³-hybridized carbons (Fsp3) is 0.222. The Balaban J connectivity index is 2.35. The summed E-state index contributed by atoms with van der Waals surface area (Å²) < 4.78 is 10.5. The first kappa shape index (κ1) is 20.1. The molecule has 2 rings (SSSR count). The molecule has 1 aromatic carbocycles. The van der Waals surface area contributed by atoms with Gasteiger partial charge < -0.3 is 14.6 Å². The number of amides is 2. The van der Waals surface area contributed by atoms with Gasteiger partial charge in [0, 0.05) is 6.54 Å². The quantitative estimate of drug-likeness (QED) is 0.313. The summed E-state index contributed by atoms with van der Waals surface area (Å²) in [5, 5.41) is 11.4. The maximum atomic E-state index is 12.5. The first-order valence-electron chi connectivity index (χ1n) is 7.85. The maximum Gasteiger partial charge on any atom is 0.344 e. The Hall–Kier alpha value is -3.20. The molecule has 1 atom stereocenters. The molecule has 1 saturated heterocycles. The van der Waals surface area contributed by atoms with E-state index >= 15 is 0 Å².